The summed E-state index contributed by atoms with van der Waals surface area (Å²) in [4.78, 5) is 16.5. The van der Waals surface area contributed by atoms with E-state index >= 15 is 0 Å². The maximum absolute atomic E-state index is 13.5. The molecule has 0 radical (unpaired) electrons. The zero-order chi connectivity index (χ0) is 16.9. The third kappa shape index (κ3) is 4.43. The molecule has 2 aromatic rings. The van der Waals surface area contributed by atoms with Crippen LogP contribution in [0.3, 0.4) is 0 Å². The fourth-order valence-electron chi connectivity index (χ4n) is 2.80. The molecular formula is C18H22FN3O2. The minimum Gasteiger partial charge on any atom is -0.468 e. The Morgan fingerprint density at radius 1 is 1.21 bits per heavy atom. The fraction of sp³-hybridized carbons (Fsp3) is 0.389. The normalized spacial score (nSPS) is 16.2. The number of hydrogen-bond acceptors (Lipinski definition) is 4. The lowest BCUT2D eigenvalue weighted by molar-refractivity contribution is -0.117. The monoisotopic (exact) mass is 331 g/mol. The number of furan rings is 1. The minimum absolute atomic E-state index is 0.113. The van der Waals surface area contributed by atoms with E-state index in [0.29, 0.717) is 17.8 Å². The summed E-state index contributed by atoms with van der Waals surface area (Å²) < 4.78 is 18.9. The van der Waals surface area contributed by atoms with Crippen LogP contribution in [0.5, 0.6) is 0 Å². The Bertz CT molecular complexity index is 680. The molecule has 3 rings (SSSR count). The second kappa shape index (κ2) is 7.59. The Kier molecular flexibility index (Phi) is 5.27. The third-order valence-corrected chi connectivity index (χ3v) is 4.25. The van der Waals surface area contributed by atoms with Gasteiger partial charge in [-0.1, -0.05) is 6.07 Å². The molecule has 6 heteroatoms. The highest BCUT2D eigenvalue weighted by atomic mass is 19.1. The van der Waals surface area contributed by atoms with Gasteiger partial charge in [0, 0.05) is 31.9 Å². The number of rotatable bonds is 5. The molecule has 2 heterocycles. The Morgan fingerprint density at radius 2 is 1.96 bits per heavy atom. The molecule has 0 unspecified atom stereocenters. The smallest absolute Gasteiger partial charge is 0.238 e. The first kappa shape index (κ1) is 16.7. The standard InChI is InChI=1S/C18H22FN3O2/c1-14-4-5-15(11-17(14)19)20-18(23)13-22-8-6-21(7-9-22)12-16-3-2-10-24-16/h2-5,10-11H,6-9,12-13H2,1H3,(H,20,23). The second-order valence-electron chi connectivity index (χ2n) is 6.14. The highest BCUT2D eigenvalue weighted by Crippen LogP contribution is 2.14. The maximum Gasteiger partial charge on any atom is 0.238 e. The van der Waals surface area contributed by atoms with E-state index in [4.69, 9.17) is 4.42 Å². The van der Waals surface area contributed by atoms with Crippen LogP contribution in [0.25, 0.3) is 0 Å². The van der Waals surface area contributed by atoms with Crippen molar-refractivity contribution in [3.05, 3.63) is 53.7 Å². The molecule has 1 saturated heterocycles. The summed E-state index contributed by atoms with van der Waals surface area (Å²) in [6.45, 7) is 6.27. The van der Waals surface area contributed by atoms with Gasteiger partial charge in [0.25, 0.3) is 0 Å². The fourth-order valence-corrected chi connectivity index (χ4v) is 2.80. The lowest BCUT2D eigenvalue weighted by atomic mass is 10.2. The molecule has 1 aliphatic rings. The highest BCUT2D eigenvalue weighted by Gasteiger charge is 2.19. The summed E-state index contributed by atoms with van der Waals surface area (Å²) in [5, 5.41) is 2.76. The van der Waals surface area contributed by atoms with E-state index in [0.717, 1.165) is 38.5 Å². The van der Waals surface area contributed by atoms with Crippen molar-refractivity contribution in [1.82, 2.24) is 9.80 Å². The van der Waals surface area contributed by atoms with Crippen LogP contribution in [0.15, 0.2) is 41.0 Å². The van der Waals surface area contributed by atoms with E-state index in [1.54, 1.807) is 25.3 Å². The number of nitrogens with one attached hydrogen (secondary N) is 1. The maximum atomic E-state index is 13.5. The van der Waals surface area contributed by atoms with Crippen molar-refractivity contribution >= 4 is 11.6 Å². The van der Waals surface area contributed by atoms with Crippen molar-refractivity contribution in [2.45, 2.75) is 13.5 Å². The lowest BCUT2D eigenvalue weighted by Crippen LogP contribution is -2.48. The molecule has 1 fully saturated rings. The zero-order valence-corrected chi connectivity index (χ0v) is 13.8. The summed E-state index contributed by atoms with van der Waals surface area (Å²) in [6, 6.07) is 8.61. The van der Waals surface area contributed by atoms with Gasteiger partial charge >= 0.3 is 0 Å². The summed E-state index contributed by atoms with van der Waals surface area (Å²) >= 11 is 0. The largest absolute Gasteiger partial charge is 0.468 e. The predicted molar refractivity (Wildman–Crippen MR) is 90.2 cm³/mol. The van der Waals surface area contributed by atoms with Gasteiger partial charge in [0.1, 0.15) is 11.6 Å². The van der Waals surface area contributed by atoms with Gasteiger partial charge < -0.3 is 9.73 Å². The molecule has 1 N–H and O–H groups in total. The van der Waals surface area contributed by atoms with Crippen LogP contribution in [-0.2, 0) is 11.3 Å². The molecule has 128 valence electrons. The predicted octanol–water partition coefficient (Wildman–Crippen LogP) is 2.48. The molecule has 0 spiro atoms. The lowest BCUT2D eigenvalue weighted by Gasteiger charge is -2.33. The number of carbonyl (C=O) groups is 1. The first-order valence-electron chi connectivity index (χ1n) is 8.13. The van der Waals surface area contributed by atoms with Crippen molar-refractivity contribution < 1.29 is 13.6 Å². The zero-order valence-electron chi connectivity index (χ0n) is 13.8. The van der Waals surface area contributed by atoms with Crippen molar-refractivity contribution in [2.75, 3.05) is 38.0 Å². The van der Waals surface area contributed by atoms with Crippen molar-refractivity contribution in [3.63, 3.8) is 0 Å². The van der Waals surface area contributed by atoms with Gasteiger partial charge in [0.15, 0.2) is 0 Å². The van der Waals surface area contributed by atoms with Gasteiger partial charge in [0.2, 0.25) is 5.91 Å². The van der Waals surface area contributed by atoms with Crippen LogP contribution in [0.1, 0.15) is 11.3 Å². The first-order chi connectivity index (χ1) is 11.6. The molecule has 1 aromatic heterocycles. The number of benzene rings is 1. The number of amides is 1. The minimum atomic E-state index is -0.306. The Hall–Kier alpha value is -2.18. The number of piperazine rings is 1. The average molecular weight is 331 g/mol. The number of aryl methyl sites for hydroxylation is 1. The SMILES string of the molecule is Cc1ccc(NC(=O)CN2CCN(Cc3ccco3)CC2)cc1F. The average Bonchev–Trinajstić information content (AvgIpc) is 3.06. The molecule has 1 aromatic carbocycles. The summed E-state index contributed by atoms with van der Waals surface area (Å²) in [5.41, 5.74) is 1.07. The molecule has 1 aliphatic heterocycles. The number of nitrogens with zero attached hydrogens (tertiary/aromatic N) is 2. The second-order valence-corrected chi connectivity index (χ2v) is 6.14. The van der Waals surface area contributed by atoms with Crippen molar-refractivity contribution in [3.8, 4) is 0 Å². The Balaban J connectivity index is 1.43. The van der Waals surface area contributed by atoms with Gasteiger partial charge in [-0.25, -0.2) is 4.39 Å². The van der Waals surface area contributed by atoms with Crippen LogP contribution >= 0.6 is 0 Å². The van der Waals surface area contributed by atoms with Crippen LogP contribution < -0.4 is 5.32 Å². The first-order valence-corrected chi connectivity index (χ1v) is 8.13. The van der Waals surface area contributed by atoms with E-state index in [1.165, 1.54) is 6.07 Å². The summed E-state index contributed by atoms with van der Waals surface area (Å²) in [5.74, 6) is 0.541. The van der Waals surface area contributed by atoms with E-state index in [2.05, 4.69) is 15.1 Å². The van der Waals surface area contributed by atoms with Gasteiger partial charge in [-0.2, -0.15) is 0 Å². The van der Waals surface area contributed by atoms with Crippen molar-refractivity contribution in [2.24, 2.45) is 0 Å². The van der Waals surface area contributed by atoms with E-state index in [1.807, 2.05) is 12.1 Å². The van der Waals surface area contributed by atoms with Gasteiger partial charge in [-0.05, 0) is 36.8 Å². The molecule has 24 heavy (non-hydrogen) atoms. The van der Waals surface area contributed by atoms with E-state index in [9.17, 15) is 9.18 Å². The molecular weight excluding hydrogens is 309 g/mol. The van der Waals surface area contributed by atoms with Gasteiger partial charge in [-0.3, -0.25) is 14.6 Å². The third-order valence-electron chi connectivity index (χ3n) is 4.25. The molecule has 0 bridgehead atoms. The van der Waals surface area contributed by atoms with Crippen LogP contribution in [0, 0.1) is 12.7 Å². The Morgan fingerprint density at radius 3 is 2.62 bits per heavy atom. The van der Waals surface area contributed by atoms with E-state index < -0.39 is 0 Å². The summed E-state index contributed by atoms with van der Waals surface area (Å²) in [7, 11) is 0. The summed E-state index contributed by atoms with van der Waals surface area (Å²) in [6.07, 6.45) is 1.68. The highest BCUT2D eigenvalue weighted by molar-refractivity contribution is 5.92. The number of anilines is 1. The molecule has 0 aliphatic carbocycles. The molecule has 5 nitrogen and oxygen atoms in total. The quantitative estimate of drug-likeness (QED) is 0.914. The van der Waals surface area contributed by atoms with E-state index in [-0.39, 0.29) is 11.7 Å². The van der Waals surface area contributed by atoms with Crippen LogP contribution in [-0.4, -0.2) is 48.4 Å². The van der Waals surface area contributed by atoms with Gasteiger partial charge in [0.05, 0.1) is 19.4 Å². The molecule has 0 atom stereocenters. The van der Waals surface area contributed by atoms with Crippen molar-refractivity contribution in [1.29, 1.82) is 0 Å². The molecule has 1 amide bonds. The topological polar surface area (TPSA) is 48.7 Å². The number of hydrogen-bond donors (Lipinski definition) is 1. The number of halogens is 1. The van der Waals surface area contributed by atoms with Crippen LogP contribution in [0.4, 0.5) is 10.1 Å². The van der Waals surface area contributed by atoms with Crippen LogP contribution in [0.2, 0.25) is 0 Å². The number of carbonyl (C=O) groups excluding carboxylic acids is 1. The Labute approximate surface area is 141 Å². The van der Waals surface area contributed by atoms with Gasteiger partial charge in [-0.15, -0.1) is 0 Å². The molecule has 0 saturated carbocycles.